The van der Waals surface area contributed by atoms with Gasteiger partial charge in [0.25, 0.3) is 0 Å². The molecule has 0 aliphatic carbocycles. The minimum absolute atomic E-state index is 0.134. The van der Waals surface area contributed by atoms with Gasteiger partial charge in [-0.3, -0.25) is 4.98 Å². The first-order chi connectivity index (χ1) is 8.13. The quantitative estimate of drug-likeness (QED) is 0.785. The summed E-state index contributed by atoms with van der Waals surface area (Å²) < 4.78 is 0. The Hall–Kier alpha value is -0.930. The Morgan fingerprint density at radius 2 is 2.06 bits per heavy atom. The van der Waals surface area contributed by atoms with Crippen molar-refractivity contribution in [3.63, 3.8) is 0 Å². The molecule has 0 radical (unpaired) electrons. The van der Waals surface area contributed by atoms with Gasteiger partial charge in [-0.25, -0.2) is 0 Å². The SMILES string of the molecule is CCN(CC)CC(C)(CN)Cc1cccnc1. The van der Waals surface area contributed by atoms with Crippen molar-refractivity contribution in [1.29, 1.82) is 0 Å². The number of hydrogen-bond donors (Lipinski definition) is 1. The Morgan fingerprint density at radius 3 is 2.53 bits per heavy atom. The lowest BCUT2D eigenvalue weighted by Gasteiger charge is -2.33. The summed E-state index contributed by atoms with van der Waals surface area (Å²) in [5.74, 6) is 0. The van der Waals surface area contributed by atoms with Crippen LogP contribution < -0.4 is 5.73 Å². The van der Waals surface area contributed by atoms with Gasteiger partial charge < -0.3 is 10.6 Å². The van der Waals surface area contributed by atoms with E-state index in [-0.39, 0.29) is 5.41 Å². The van der Waals surface area contributed by atoms with Gasteiger partial charge >= 0.3 is 0 Å². The van der Waals surface area contributed by atoms with Gasteiger partial charge in [0.1, 0.15) is 0 Å². The van der Waals surface area contributed by atoms with E-state index in [9.17, 15) is 0 Å². The fraction of sp³-hybridized carbons (Fsp3) is 0.643. The average Bonchev–Trinajstić information content (AvgIpc) is 2.37. The Kier molecular flexibility index (Phi) is 5.59. The highest BCUT2D eigenvalue weighted by atomic mass is 15.1. The van der Waals surface area contributed by atoms with Crippen LogP contribution in [0.2, 0.25) is 0 Å². The molecular formula is C14H25N3. The van der Waals surface area contributed by atoms with Crippen molar-refractivity contribution in [2.75, 3.05) is 26.2 Å². The van der Waals surface area contributed by atoms with E-state index in [1.54, 1.807) is 0 Å². The van der Waals surface area contributed by atoms with Gasteiger partial charge in [-0.1, -0.05) is 26.8 Å². The lowest BCUT2D eigenvalue weighted by Crippen LogP contribution is -2.42. The van der Waals surface area contributed by atoms with E-state index in [4.69, 9.17) is 5.73 Å². The summed E-state index contributed by atoms with van der Waals surface area (Å²) in [6.07, 6.45) is 4.75. The normalized spacial score (nSPS) is 14.9. The van der Waals surface area contributed by atoms with Crippen molar-refractivity contribution in [1.82, 2.24) is 9.88 Å². The summed E-state index contributed by atoms with van der Waals surface area (Å²) in [5.41, 5.74) is 7.37. The molecule has 0 aliphatic heterocycles. The van der Waals surface area contributed by atoms with Crippen LogP contribution >= 0.6 is 0 Å². The molecule has 0 amide bonds. The predicted molar refractivity (Wildman–Crippen MR) is 72.9 cm³/mol. The summed E-state index contributed by atoms with van der Waals surface area (Å²) in [5, 5.41) is 0. The second kappa shape index (κ2) is 6.72. The lowest BCUT2D eigenvalue weighted by atomic mass is 9.83. The molecule has 0 fully saturated rings. The monoisotopic (exact) mass is 235 g/mol. The Balaban J connectivity index is 2.68. The molecule has 17 heavy (non-hydrogen) atoms. The molecule has 1 aromatic rings. The minimum atomic E-state index is 0.134. The van der Waals surface area contributed by atoms with Crippen LogP contribution in [0.5, 0.6) is 0 Å². The zero-order valence-electron chi connectivity index (χ0n) is 11.3. The molecule has 3 heteroatoms. The van der Waals surface area contributed by atoms with Gasteiger partial charge in [-0.15, -0.1) is 0 Å². The van der Waals surface area contributed by atoms with Crippen LogP contribution in [0.15, 0.2) is 24.5 Å². The van der Waals surface area contributed by atoms with Crippen LogP contribution in [0.3, 0.4) is 0 Å². The molecule has 1 atom stereocenters. The molecule has 96 valence electrons. The van der Waals surface area contributed by atoms with E-state index < -0.39 is 0 Å². The highest BCUT2D eigenvalue weighted by Crippen LogP contribution is 2.22. The largest absolute Gasteiger partial charge is 0.330 e. The number of rotatable bonds is 7. The maximum absolute atomic E-state index is 5.97. The first-order valence-corrected chi connectivity index (χ1v) is 6.45. The molecule has 1 unspecified atom stereocenters. The summed E-state index contributed by atoms with van der Waals surface area (Å²) in [7, 11) is 0. The van der Waals surface area contributed by atoms with Crippen LogP contribution in [0.25, 0.3) is 0 Å². The molecule has 0 saturated carbocycles. The van der Waals surface area contributed by atoms with Gasteiger partial charge in [0.05, 0.1) is 0 Å². The van der Waals surface area contributed by atoms with Crippen molar-refractivity contribution in [2.24, 2.45) is 11.1 Å². The molecule has 0 bridgehead atoms. The van der Waals surface area contributed by atoms with Crippen molar-refractivity contribution in [2.45, 2.75) is 27.2 Å². The van der Waals surface area contributed by atoms with Crippen LogP contribution in [-0.4, -0.2) is 36.1 Å². The predicted octanol–water partition coefficient (Wildman–Crippen LogP) is 1.93. The smallest absolute Gasteiger partial charge is 0.0300 e. The van der Waals surface area contributed by atoms with Gasteiger partial charge in [0.2, 0.25) is 0 Å². The second-order valence-electron chi connectivity index (χ2n) is 5.01. The lowest BCUT2D eigenvalue weighted by molar-refractivity contribution is 0.181. The van der Waals surface area contributed by atoms with Gasteiger partial charge in [0.15, 0.2) is 0 Å². The molecule has 2 N–H and O–H groups in total. The maximum atomic E-state index is 5.97. The number of aromatic nitrogens is 1. The molecule has 1 rings (SSSR count). The molecule has 0 spiro atoms. The maximum Gasteiger partial charge on any atom is 0.0300 e. The fourth-order valence-corrected chi connectivity index (χ4v) is 2.18. The third-order valence-corrected chi connectivity index (χ3v) is 3.35. The summed E-state index contributed by atoms with van der Waals surface area (Å²) in [6.45, 7) is 10.6. The number of nitrogens with zero attached hydrogens (tertiary/aromatic N) is 2. The van der Waals surface area contributed by atoms with Crippen LogP contribution in [0.4, 0.5) is 0 Å². The third-order valence-electron chi connectivity index (χ3n) is 3.35. The minimum Gasteiger partial charge on any atom is -0.330 e. The topological polar surface area (TPSA) is 42.1 Å². The van der Waals surface area contributed by atoms with E-state index in [1.165, 1.54) is 5.56 Å². The van der Waals surface area contributed by atoms with Crippen molar-refractivity contribution >= 4 is 0 Å². The van der Waals surface area contributed by atoms with E-state index in [0.717, 1.165) is 26.1 Å². The Bertz CT molecular complexity index is 309. The Morgan fingerprint density at radius 1 is 1.35 bits per heavy atom. The summed E-state index contributed by atoms with van der Waals surface area (Å²) in [6, 6.07) is 4.12. The third kappa shape index (κ3) is 4.44. The number of pyridine rings is 1. The molecule has 0 aromatic carbocycles. The molecule has 1 heterocycles. The molecular weight excluding hydrogens is 210 g/mol. The van der Waals surface area contributed by atoms with Crippen LogP contribution in [0.1, 0.15) is 26.3 Å². The van der Waals surface area contributed by atoms with E-state index >= 15 is 0 Å². The zero-order valence-corrected chi connectivity index (χ0v) is 11.3. The summed E-state index contributed by atoms with van der Waals surface area (Å²) >= 11 is 0. The van der Waals surface area contributed by atoms with E-state index in [0.29, 0.717) is 6.54 Å². The highest BCUT2D eigenvalue weighted by molar-refractivity contribution is 5.11. The van der Waals surface area contributed by atoms with Gasteiger partial charge in [-0.05, 0) is 43.1 Å². The van der Waals surface area contributed by atoms with Crippen molar-refractivity contribution < 1.29 is 0 Å². The molecule has 0 saturated heterocycles. The molecule has 3 nitrogen and oxygen atoms in total. The average molecular weight is 235 g/mol. The van der Waals surface area contributed by atoms with Crippen molar-refractivity contribution in [3.8, 4) is 0 Å². The van der Waals surface area contributed by atoms with Gasteiger partial charge in [-0.2, -0.15) is 0 Å². The molecule has 0 aliphatic rings. The van der Waals surface area contributed by atoms with Gasteiger partial charge in [0, 0.05) is 18.9 Å². The zero-order chi connectivity index (χ0) is 12.7. The van der Waals surface area contributed by atoms with Crippen molar-refractivity contribution in [3.05, 3.63) is 30.1 Å². The number of hydrogen-bond acceptors (Lipinski definition) is 3. The highest BCUT2D eigenvalue weighted by Gasteiger charge is 2.25. The first-order valence-electron chi connectivity index (χ1n) is 6.45. The first kappa shape index (κ1) is 14.1. The standard InChI is InChI=1S/C14H25N3/c1-4-17(5-2)12-14(3,11-15)9-13-7-6-8-16-10-13/h6-8,10H,4-5,9,11-12,15H2,1-3H3. The summed E-state index contributed by atoms with van der Waals surface area (Å²) in [4.78, 5) is 6.60. The second-order valence-corrected chi connectivity index (χ2v) is 5.01. The van der Waals surface area contributed by atoms with E-state index in [2.05, 4.69) is 36.7 Å². The van der Waals surface area contributed by atoms with Crippen LogP contribution in [0, 0.1) is 5.41 Å². The Labute approximate surface area is 105 Å². The van der Waals surface area contributed by atoms with Crippen LogP contribution in [-0.2, 0) is 6.42 Å². The number of nitrogens with two attached hydrogens (primary N) is 1. The fourth-order valence-electron chi connectivity index (χ4n) is 2.18. The van der Waals surface area contributed by atoms with E-state index in [1.807, 2.05) is 18.5 Å². The molecule has 1 aromatic heterocycles.